The number of hydrogen-bond acceptors (Lipinski definition) is 1. The van der Waals surface area contributed by atoms with Crippen molar-refractivity contribution in [1.29, 1.82) is 0 Å². The number of fused-ring (bicyclic) bond motifs is 1. The fraction of sp³-hybridized carbons (Fsp3) is 0.150. The van der Waals surface area contributed by atoms with E-state index in [0.717, 1.165) is 29.4 Å². The lowest BCUT2D eigenvalue weighted by Gasteiger charge is -2.39. The zero-order valence-electron chi connectivity index (χ0n) is 13.9. The number of anilines is 1. The molecule has 0 radical (unpaired) electrons. The first-order valence-electron chi connectivity index (χ1n) is 8.35. The molecule has 4 rings (SSSR count). The monoisotopic (exact) mass is 401 g/mol. The van der Waals surface area contributed by atoms with Crippen molar-refractivity contribution in [2.75, 3.05) is 11.9 Å². The van der Waals surface area contributed by atoms with Gasteiger partial charge in [0.25, 0.3) is 0 Å². The smallest absolute Gasteiger partial charge is 0.174 e. The van der Waals surface area contributed by atoms with Crippen LogP contribution in [0.5, 0.6) is 0 Å². The Bertz CT molecular complexity index is 936. The van der Waals surface area contributed by atoms with Gasteiger partial charge in [0, 0.05) is 40.7 Å². The summed E-state index contributed by atoms with van der Waals surface area (Å²) in [5.41, 5.74) is 3.26. The lowest BCUT2D eigenvalue weighted by Crippen LogP contribution is -2.44. The average molecular weight is 402 g/mol. The molecule has 0 fully saturated rings. The molecule has 0 bridgehead atoms. The summed E-state index contributed by atoms with van der Waals surface area (Å²) in [5.74, 6) is 0. The van der Waals surface area contributed by atoms with E-state index in [9.17, 15) is 0 Å². The van der Waals surface area contributed by atoms with Crippen molar-refractivity contribution in [2.24, 2.45) is 0 Å². The maximum Gasteiger partial charge on any atom is 0.174 e. The molecule has 0 spiro atoms. The van der Waals surface area contributed by atoms with Gasteiger partial charge in [-0.25, -0.2) is 0 Å². The minimum atomic E-state index is 0.0372. The molecule has 3 nitrogen and oxygen atoms in total. The number of nitrogens with one attached hydrogen (secondary N) is 1. The van der Waals surface area contributed by atoms with Crippen molar-refractivity contribution in [1.82, 2.24) is 9.47 Å². The predicted molar refractivity (Wildman–Crippen MR) is 112 cm³/mol. The molecule has 0 aliphatic carbocycles. The molecule has 1 N–H and O–H groups in total. The molecule has 2 aromatic carbocycles. The van der Waals surface area contributed by atoms with Crippen LogP contribution in [-0.4, -0.2) is 21.1 Å². The van der Waals surface area contributed by atoms with Crippen LogP contribution in [0, 0.1) is 0 Å². The number of aromatic nitrogens is 1. The Morgan fingerprint density at radius 2 is 1.77 bits per heavy atom. The van der Waals surface area contributed by atoms with Gasteiger partial charge in [-0.15, -0.1) is 0 Å². The van der Waals surface area contributed by atoms with E-state index in [0.29, 0.717) is 10.1 Å². The Kier molecular flexibility index (Phi) is 4.90. The van der Waals surface area contributed by atoms with Crippen molar-refractivity contribution < 1.29 is 0 Å². The Balaban J connectivity index is 1.67. The first kappa shape index (κ1) is 17.4. The number of benzene rings is 2. The van der Waals surface area contributed by atoms with Crippen LogP contribution in [0.4, 0.5) is 5.69 Å². The van der Waals surface area contributed by atoms with Crippen LogP contribution in [0.2, 0.25) is 10.0 Å². The van der Waals surface area contributed by atoms with E-state index in [1.54, 1.807) is 0 Å². The molecule has 0 saturated heterocycles. The van der Waals surface area contributed by atoms with E-state index in [4.69, 9.17) is 35.4 Å². The summed E-state index contributed by atoms with van der Waals surface area (Å²) in [7, 11) is 0. The quantitative estimate of drug-likeness (QED) is 0.564. The zero-order chi connectivity index (χ0) is 18.1. The molecule has 1 aliphatic heterocycles. The maximum atomic E-state index is 6.09. The molecular formula is C20H17Cl2N3S. The molecule has 0 amide bonds. The van der Waals surface area contributed by atoms with Crippen LogP contribution in [0.1, 0.15) is 17.3 Å². The second kappa shape index (κ2) is 7.31. The zero-order valence-corrected chi connectivity index (χ0v) is 16.2. The van der Waals surface area contributed by atoms with Gasteiger partial charge in [-0.05, 0) is 60.2 Å². The summed E-state index contributed by atoms with van der Waals surface area (Å²) in [6.45, 7) is 1.71. The van der Waals surface area contributed by atoms with Gasteiger partial charge < -0.3 is 14.8 Å². The number of halogens is 2. The lowest BCUT2D eigenvalue weighted by atomic mass is 10.0. The van der Waals surface area contributed by atoms with Crippen LogP contribution in [0.3, 0.4) is 0 Å². The molecule has 1 unspecified atom stereocenters. The molecule has 1 aromatic heterocycles. The van der Waals surface area contributed by atoms with Gasteiger partial charge in [-0.3, -0.25) is 0 Å². The van der Waals surface area contributed by atoms with Crippen LogP contribution >= 0.6 is 35.4 Å². The predicted octanol–water partition coefficient (Wildman–Crippen LogP) is 5.60. The summed E-state index contributed by atoms with van der Waals surface area (Å²) in [4.78, 5) is 2.22. The van der Waals surface area contributed by atoms with E-state index < -0.39 is 0 Å². The summed E-state index contributed by atoms with van der Waals surface area (Å²) in [6, 6.07) is 19.8. The summed E-state index contributed by atoms with van der Waals surface area (Å²) in [6.07, 6.45) is 2.11. The second-order valence-electron chi connectivity index (χ2n) is 6.21. The third kappa shape index (κ3) is 3.45. The van der Waals surface area contributed by atoms with Gasteiger partial charge >= 0.3 is 0 Å². The van der Waals surface area contributed by atoms with Gasteiger partial charge in [0.1, 0.15) is 0 Å². The normalized spacial score (nSPS) is 16.2. The number of rotatable bonds is 2. The van der Waals surface area contributed by atoms with E-state index in [-0.39, 0.29) is 6.04 Å². The van der Waals surface area contributed by atoms with Gasteiger partial charge in [0.15, 0.2) is 5.11 Å². The third-order valence-corrected chi connectivity index (χ3v) is 5.38. The van der Waals surface area contributed by atoms with E-state index in [1.165, 1.54) is 5.69 Å². The number of hydrogen-bond donors (Lipinski definition) is 1. The highest BCUT2D eigenvalue weighted by Gasteiger charge is 2.30. The molecule has 1 atom stereocenters. The first-order chi connectivity index (χ1) is 12.6. The van der Waals surface area contributed by atoms with Crippen LogP contribution in [0.15, 0.2) is 66.9 Å². The van der Waals surface area contributed by atoms with Gasteiger partial charge in [0.05, 0.1) is 6.04 Å². The Morgan fingerprint density at radius 3 is 2.54 bits per heavy atom. The fourth-order valence-corrected chi connectivity index (χ4v) is 3.99. The van der Waals surface area contributed by atoms with Gasteiger partial charge in [-0.2, -0.15) is 0 Å². The maximum absolute atomic E-state index is 6.09. The lowest BCUT2D eigenvalue weighted by molar-refractivity contribution is 0.293. The molecule has 1 aliphatic rings. The van der Waals surface area contributed by atoms with Crippen LogP contribution in [0.25, 0.3) is 0 Å². The third-order valence-electron chi connectivity index (χ3n) is 4.56. The highest BCUT2D eigenvalue weighted by atomic mass is 35.5. The van der Waals surface area contributed by atoms with Crippen LogP contribution < -0.4 is 5.32 Å². The van der Waals surface area contributed by atoms with Crippen molar-refractivity contribution in [3.8, 4) is 0 Å². The van der Waals surface area contributed by atoms with E-state index >= 15 is 0 Å². The summed E-state index contributed by atoms with van der Waals surface area (Å²) in [5, 5.41) is 5.41. The molecule has 2 heterocycles. The highest BCUT2D eigenvalue weighted by Crippen LogP contribution is 2.33. The Morgan fingerprint density at radius 1 is 0.962 bits per heavy atom. The molecule has 0 saturated carbocycles. The fourth-order valence-electron chi connectivity index (χ4n) is 3.36. The Hall–Kier alpha value is -2.01. The van der Waals surface area contributed by atoms with Crippen molar-refractivity contribution >= 4 is 46.2 Å². The van der Waals surface area contributed by atoms with E-state index in [2.05, 4.69) is 45.2 Å². The molecule has 6 heteroatoms. The van der Waals surface area contributed by atoms with Crippen molar-refractivity contribution in [3.63, 3.8) is 0 Å². The molecule has 3 aromatic rings. The minimum Gasteiger partial charge on any atom is -0.348 e. The summed E-state index contributed by atoms with van der Waals surface area (Å²) >= 11 is 17.9. The number of nitrogens with zero attached hydrogens (tertiary/aromatic N) is 2. The van der Waals surface area contributed by atoms with Crippen molar-refractivity contribution in [2.45, 2.75) is 12.6 Å². The topological polar surface area (TPSA) is 20.2 Å². The number of thiocarbonyl (C=S) groups is 1. The molecular weight excluding hydrogens is 385 g/mol. The first-order valence-corrected chi connectivity index (χ1v) is 9.52. The standard InChI is InChI=1S/C20H17Cl2N3S/c21-15-8-6-14(7-9-15)19-18-5-2-10-24(18)11-12-25(19)20(26)23-17-4-1-3-16(22)13-17/h1-10,13,19H,11-12H2,(H,23,26). The second-order valence-corrected chi connectivity index (χ2v) is 7.47. The van der Waals surface area contributed by atoms with Crippen molar-refractivity contribution in [3.05, 3.63) is 88.2 Å². The van der Waals surface area contributed by atoms with Gasteiger partial charge in [0.2, 0.25) is 0 Å². The SMILES string of the molecule is S=C(Nc1cccc(Cl)c1)N1CCn2cccc2C1c1ccc(Cl)cc1. The Labute approximate surface area is 168 Å². The largest absolute Gasteiger partial charge is 0.348 e. The summed E-state index contributed by atoms with van der Waals surface area (Å²) < 4.78 is 2.28. The molecule has 132 valence electrons. The molecule has 26 heavy (non-hydrogen) atoms. The average Bonchev–Trinajstić information content (AvgIpc) is 3.10. The van der Waals surface area contributed by atoms with E-state index in [1.807, 2.05) is 36.4 Å². The minimum absolute atomic E-state index is 0.0372. The highest BCUT2D eigenvalue weighted by molar-refractivity contribution is 7.80. The van der Waals surface area contributed by atoms with Crippen LogP contribution in [-0.2, 0) is 6.54 Å². The van der Waals surface area contributed by atoms with Gasteiger partial charge in [-0.1, -0.05) is 41.4 Å².